The Kier molecular flexibility index (Phi) is 5.90. The number of hydrogen-bond acceptors (Lipinski definition) is 5. The number of nitrogens with zero attached hydrogens (tertiary/aromatic N) is 3. The smallest absolute Gasteiger partial charge is 0.154 e. The number of benzene rings is 2. The van der Waals surface area contributed by atoms with Crippen molar-refractivity contribution in [1.82, 2.24) is 14.6 Å². The zero-order valence-electron chi connectivity index (χ0n) is 16.8. The van der Waals surface area contributed by atoms with E-state index in [2.05, 4.69) is 15.4 Å². The third kappa shape index (κ3) is 4.41. The second-order valence-corrected chi connectivity index (χ2v) is 7.07. The van der Waals surface area contributed by atoms with E-state index in [-0.39, 0.29) is 11.9 Å². The van der Waals surface area contributed by atoms with E-state index in [4.69, 9.17) is 10.5 Å². The molecule has 0 fully saturated rings. The lowest BCUT2D eigenvalue weighted by Gasteiger charge is -2.15. The minimum absolute atomic E-state index is 0.0948. The second-order valence-electron chi connectivity index (χ2n) is 7.07. The molecule has 0 saturated heterocycles. The van der Waals surface area contributed by atoms with E-state index in [9.17, 15) is 4.39 Å². The van der Waals surface area contributed by atoms with E-state index >= 15 is 0 Å². The van der Waals surface area contributed by atoms with Crippen LogP contribution in [0.2, 0.25) is 0 Å². The number of nitrogens with one attached hydrogen (secondary N) is 1. The number of aromatic nitrogens is 3. The van der Waals surface area contributed by atoms with Gasteiger partial charge in [0.15, 0.2) is 5.65 Å². The first-order chi connectivity index (χ1) is 14.6. The van der Waals surface area contributed by atoms with Gasteiger partial charge in [-0.05, 0) is 74.0 Å². The predicted molar refractivity (Wildman–Crippen MR) is 116 cm³/mol. The molecule has 0 amide bonds. The molecule has 30 heavy (non-hydrogen) atoms. The number of halogens is 1. The van der Waals surface area contributed by atoms with Crippen molar-refractivity contribution in [2.24, 2.45) is 5.73 Å². The van der Waals surface area contributed by atoms with Crippen LogP contribution in [0.4, 0.5) is 10.2 Å². The van der Waals surface area contributed by atoms with Crippen LogP contribution < -0.4 is 15.8 Å². The SMILES string of the molecule is C[C@@H](Nc1ccc2ncc(-c3ccc(OCCCN)cc3)n2n1)c1cccc(F)c1. The van der Waals surface area contributed by atoms with E-state index in [0.29, 0.717) is 19.0 Å². The van der Waals surface area contributed by atoms with Crippen molar-refractivity contribution in [3.63, 3.8) is 0 Å². The molecule has 2 aromatic carbocycles. The predicted octanol–water partition coefficient (Wildman–Crippen LogP) is 4.44. The van der Waals surface area contributed by atoms with Gasteiger partial charge in [0, 0.05) is 5.56 Å². The van der Waals surface area contributed by atoms with E-state index in [1.807, 2.05) is 49.4 Å². The molecule has 1 atom stereocenters. The van der Waals surface area contributed by atoms with Gasteiger partial charge in [-0.25, -0.2) is 13.9 Å². The number of rotatable bonds is 8. The summed E-state index contributed by atoms with van der Waals surface area (Å²) in [5.74, 6) is 1.23. The average molecular weight is 405 g/mol. The molecule has 0 radical (unpaired) electrons. The fourth-order valence-electron chi connectivity index (χ4n) is 3.22. The van der Waals surface area contributed by atoms with E-state index in [1.54, 1.807) is 16.8 Å². The first-order valence-electron chi connectivity index (χ1n) is 9.94. The summed E-state index contributed by atoms with van der Waals surface area (Å²) in [6.45, 7) is 3.18. The standard InChI is InChI=1S/C23H24FN5O/c1-16(18-4-2-5-19(24)14-18)27-22-10-11-23-26-15-21(29(23)28-22)17-6-8-20(9-7-17)30-13-3-12-25/h2,4-11,14-16H,3,12-13,25H2,1H3,(H,27,28)/t16-/m1/s1. The van der Waals surface area contributed by atoms with E-state index in [1.165, 1.54) is 12.1 Å². The highest BCUT2D eigenvalue weighted by molar-refractivity contribution is 5.64. The van der Waals surface area contributed by atoms with Crippen molar-refractivity contribution in [2.45, 2.75) is 19.4 Å². The zero-order chi connectivity index (χ0) is 20.9. The van der Waals surface area contributed by atoms with Crippen LogP contribution in [-0.4, -0.2) is 27.7 Å². The molecule has 7 heteroatoms. The maximum absolute atomic E-state index is 13.5. The van der Waals surface area contributed by atoms with Crippen molar-refractivity contribution in [3.8, 4) is 17.0 Å². The molecule has 4 rings (SSSR count). The summed E-state index contributed by atoms with van der Waals surface area (Å²) < 4.78 is 21.0. The Morgan fingerprint density at radius 3 is 2.73 bits per heavy atom. The second kappa shape index (κ2) is 8.92. The molecule has 2 aromatic heterocycles. The van der Waals surface area contributed by atoms with Crippen molar-refractivity contribution >= 4 is 11.5 Å². The molecule has 0 aliphatic heterocycles. The van der Waals surface area contributed by atoms with Crippen LogP contribution in [-0.2, 0) is 0 Å². The quantitative estimate of drug-likeness (QED) is 0.424. The Hall–Kier alpha value is -3.45. The van der Waals surface area contributed by atoms with E-state index < -0.39 is 0 Å². The fourth-order valence-corrected chi connectivity index (χ4v) is 3.22. The summed E-state index contributed by atoms with van der Waals surface area (Å²) in [6.07, 6.45) is 2.62. The Bertz CT molecular complexity index is 1130. The van der Waals surface area contributed by atoms with Crippen LogP contribution in [0.5, 0.6) is 5.75 Å². The highest BCUT2D eigenvalue weighted by atomic mass is 19.1. The van der Waals surface area contributed by atoms with Gasteiger partial charge in [-0.3, -0.25) is 0 Å². The normalized spacial score (nSPS) is 12.1. The molecular formula is C23H24FN5O. The Labute approximate surface area is 174 Å². The number of anilines is 1. The van der Waals surface area contributed by atoms with Crippen LogP contribution in [0.15, 0.2) is 66.9 Å². The topological polar surface area (TPSA) is 77.5 Å². The lowest BCUT2D eigenvalue weighted by Crippen LogP contribution is -2.10. The number of imidazole rings is 1. The molecule has 0 bridgehead atoms. The van der Waals surface area contributed by atoms with Crippen molar-refractivity contribution in [3.05, 3.63) is 78.2 Å². The molecular weight excluding hydrogens is 381 g/mol. The van der Waals surface area contributed by atoms with Crippen LogP contribution >= 0.6 is 0 Å². The summed E-state index contributed by atoms with van der Waals surface area (Å²) in [5, 5.41) is 8.01. The van der Waals surface area contributed by atoms with Gasteiger partial charge in [-0.1, -0.05) is 12.1 Å². The number of hydrogen-bond donors (Lipinski definition) is 2. The molecule has 0 aliphatic rings. The summed E-state index contributed by atoms with van der Waals surface area (Å²) in [6, 6.07) is 18.1. The van der Waals surface area contributed by atoms with Crippen LogP contribution in [0, 0.1) is 5.82 Å². The fraction of sp³-hybridized carbons (Fsp3) is 0.217. The average Bonchev–Trinajstić information content (AvgIpc) is 3.18. The van der Waals surface area contributed by atoms with Crippen molar-refractivity contribution < 1.29 is 9.13 Å². The van der Waals surface area contributed by atoms with Gasteiger partial charge in [0.1, 0.15) is 17.4 Å². The van der Waals surface area contributed by atoms with Gasteiger partial charge >= 0.3 is 0 Å². The van der Waals surface area contributed by atoms with Crippen LogP contribution in [0.1, 0.15) is 24.9 Å². The summed E-state index contributed by atoms with van der Waals surface area (Å²) in [5.41, 5.74) is 8.96. The van der Waals surface area contributed by atoms with Gasteiger partial charge in [0.25, 0.3) is 0 Å². The maximum atomic E-state index is 13.5. The monoisotopic (exact) mass is 405 g/mol. The van der Waals surface area contributed by atoms with Crippen molar-refractivity contribution in [1.29, 1.82) is 0 Å². The largest absolute Gasteiger partial charge is 0.494 e. The highest BCUT2D eigenvalue weighted by Gasteiger charge is 2.11. The molecule has 0 spiro atoms. The highest BCUT2D eigenvalue weighted by Crippen LogP contribution is 2.25. The lowest BCUT2D eigenvalue weighted by atomic mass is 10.1. The Balaban J connectivity index is 1.55. The van der Waals surface area contributed by atoms with Gasteiger partial charge in [0.05, 0.1) is 24.5 Å². The minimum atomic E-state index is -0.253. The lowest BCUT2D eigenvalue weighted by molar-refractivity contribution is 0.313. The van der Waals surface area contributed by atoms with Crippen LogP contribution in [0.3, 0.4) is 0 Å². The molecule has 154 valence electrons. The van der Waals surface area contributed by atoms with Gasteiger partial charge < -0.3 is 15.8 Å². The number of ether oxygens (including phenoxy) is 1. The van der Waals surface area contributed by atoms with Gasteiger partial charge in [-0.15, -0.1) is 5.10 Å². The summed E-state index contributed by atoms with van der Waals surface area (Å²) in [7, 11) is 0. The third-order valence-corrected chi connectivity index (χ3v) is 4.84. The Morgan fingerprint density at radius 1 is 1.13 bits per heavy atom. The van der Waals surface area contributed by atoms with E-state index in [0.717, 1.165) is 34.6 Å². The molecule has 6 nitrogen and oxygen atoms in total. The molecule has 0 aliphatic carbocycles. The first-order valence-corrected chi connectivity index (χ1v) is 9.94. The minimum Gasteiger partial charge on any atom is -0.494 e. The Morgan fingerprint density at radius 2 is 1.97 bits per heavy atom. The third-order valence-electron chi connectivity index (χ3n) is 4.84. The molecule has 0 saturated carbocycles. The summed E-state index contributed by atoms with van der Waals surface area (Å²) >= 11 is 0. The summed E-state index contributed by atoms with van der Waals surface area (Å²) in [4.78, 5) is 4.45. The van der Waals surface area contributed by atoms with Crippen molar-refractivity contribution in [2.75, 3.05) is 18.5 Å². The molecule has 2 heterocycles. The zero-order valence-corrected chi connectivity index (χ0v) is 16.8. The van der Waals surface area contributed by atoms with Gasteiger partial charge in [-0.2, -0.15) is 0 Å². The molecule has 4 aromatic rings. The molecule has 0 unspecified atom stereocenters. The maximum Gasteiger partial charge on any atom is 0.154 e. The van der Waals surface area contributed by atoms with Crippen LogP contribution in [0.25, 0.3) is 16.9 Å². The molecule has 3 N–H and O–H groups in total. The number of fused-ring (bicyclic) bond motifs is 1. The number of nitrogens with two attached hydrogens (primary N) is 1. The van der Waals surface area contributed by atoms with Gasteiger partial charge in [0.2, 0.25) is 0 Å². The first kappa shape index (κ1) is 19.8.